The molecule has 2 atom stereocenters. The summed E-state index contributed by atoms with van der Waals surface area (Å²) in [5.41, 5.74) is 2.03. The zero-order valence-corrected chi connectivity index (χ0v) is 11.3. The minimum Gasteiger partial charge on any atom is -0.478 e. The zero-order chi connectivity index (χ0) is 14.8. The van der Waals surface area contributed by atoms with Crippen LogP contribution in [0.3, 0.4) is 0 Å². The van der Waals surface area contributed by atoms with E-state index in [1.165, 1.54) is 17.7 Å². The van der Waals surface area contributed by atoms with Crippen molar-refractivity contribution in [1.82, 2.24) is 0 Å². The van der Waals surface area contributed by atoms with Gasteiger partial charge in [0, 0.05) is 11.6 Å². The van der Waals surface area contributed by atoms with Crippen molar-refractivity contribution >= 4 is 17.6 Å². The predicted octanol–water partition coefficient (Wildman–Crippen LogP) is 3.13. The molecule has 106 valence electrons. The van der Waals surface area contributed by atoms with Gasteiger partial charge in [-0.25, -0.2) is 4.79 Å². The number of rotatable bonds is 4. The number of benzene rings is 2. The normalized spacial score (nSPS) is 19.8. The van der Waals surface area contributed by atoms with Gasteiger partial charge in [0.2, 0.25) is 5.91 Å². The number of anilines is 1. The summed E-state index contributed by atoms with van der Waals surface area (Å²) in [5.74, 6) is -0.679. The molecule has 1 aliphatic rings. The van der Waals surface area contributed by atoms with Gasteiger partial charge in [-0.15, -0.1) is 0 Å². The van der Waals surface area contributed by atoms with Crippen LogP contribution in [0.15, 0.2) is 54.6 Å². The maximum absolute atomic E-state index is 12.1. The van der Waals surface area contributed by atoms with E-state index in [0.717, 1.165) is 6.42 Å². The molecule has 21 heavy (non-hydrogen) atoms. The largest absolute Gasteiger partial charge is 0.478 e. The molecule has 2 unspecified atom stereocenters. The number of aromatic carboxylic acids is 1. The lowest BCUT2D eigenvalue weighted by Gasteiger charge is -2.05. The van der Waals surface area contributed by atoms with E-state index >= 15 is 0 Å². The van der Waals surface area contributed by atoms with E-state index in [4.69, 9.17) is 5.11 Å². The Morgan fingerprint density at radius 2 is 1.67 bits per heavy atom. The molecule has 2 N–H and O–H groups in total. The molecule has 1 amide bonds. The van der Waals surface area contributed by atoms with Gasteiger partial charge in [0.25, 0.3) is 0 Å². The second kappa shape index (κ2) is 5.40. The Morgan fingerprint density at radius 1 is 1.00 bits per heavy atom. The third-order valence-electron chi connectivity index (χ3n) is 3.75. The Balaban J connectivity index is 1.62. The number of hydrogen-bond acceptors (Lipinski definition) is 2. The van der Waals surface area contributed by atoms with Crippen LogP contribution in [-0.2, 0) is 4.79 Å². The van der Waals surface area contributed by atoms with E-state index in [-0.39, 0.29) is 17.4 Å². The van der Waals surface area contributed by atoms with Crippen molar-refractivity contribution in [3.05, 3.63) is 65.7 Å². The van der Waals surface area contributed by atoms with E-state index in [9.17, 15) is 9.59 Å². The fourth-order valence-corrected chi connectivity index (χ4v) is 2.48. The van der Waals surface area contributed by atoms with Gasteiger partial charge < -0.3 is 10.4 Å². The highest BCUT2D eigenvalue weighted by Gasteiger charge is 2.43. The predicted molar refractivity (Wildman–Crippen MR) is 79.3 cm³/mol. The minimum absolute atomic E-state index is 0.00607. The molecule has 1 fully saturated rings. The molecule has 4 heteroatoms. The molecular weight excluding hydrogens is 266 g/mol. The number of nitrogens with one attached hydrogen (secondary N) is 1. The van der Waals surface area contributed by atoms with E-state index in [1.807, 2.05) is 30.3 Å². The van der Waals surface area contributed by atoms with Crippen molar-refractivity contribution in [2.75, 3.05) is 5.32 Å². The van der Waals surface area contributed by atoms with Gasteiger partial charge in [-0.1, -0.05) is 30.3 Å². The molecule has 0 saturated heterocycles. The molecular formula is C17H15NO3. The standard InChI is InChI=1S/C17H15NO3/c19-16(15-10-14(15)11-4-2-1-3-5-11)18-13-8-6-12(7-9-13)17(20)21/h1-9,14-15H,10H2,(H,18,19)(H,20,21). The average molecular weight is 281 g/mol. The second-order valence-electron chi connectivity index (χ2n) is 5.23. The van der Waals surface area contributed by atoms with Gasteiger partial charge in [-0.2, -0.15) is 0 Å². The fraction of sp³-hybridized carbons (Fsp3) is 0.176. The first-order valence-electron chi connectivity index (χ1n) is 6.84. The summed E-state index contributed by atoms with van der Waals surface area (Å²) >= 11 is 0. The van der Waals surface area contributed by atoms with Crippen LogP contribution in [0.5, 0.6) is 0 Å². The van der Waals surface area contributed by atoms with E-state index < -0.39 is 5.97 Å². The monoisotopic (exact) mass is 281 g/mol. The van der Waals surface area contributed by atoms with Gasteiger partial charge in [-0.05, 0) is 42.2 Å². The van der Waals surface area contributed by atoms with Gasteiger partial charge in [0.05, 0.1) is 5.56 Å². The molecule has 0 radical (unpaired) electrons. The first-order chi connectivity index (χ1) is 10.1. The second-order valence-corrected chi connectivity index (χ2v) is 5.23. The third-order valence-corrected chi connectivity index (χ3v) is 3.75. The van der Waals surface area contributed by atoms with Crippen LogP contribution >= 0.6 is 0 Å². The Bertz CT molecular complexity index is 664. The number of carboxylic acid groups (broad SMARTS) is 1. The van der Waals surface area contributed by atoms with Gasteiger partial charge >= 0.3 is 5.97 Å². The van der Waals surface area contributed by atoms with Crippen LogP contribution < -0.4 is 5.32 Å². The summed E-state index contributed by atoms with van der Waals surface area (Å²) in [6.45, 7) is 0. The highest BCUT2D eigenvalue weighted by Crippen LogP contribution is 2.47. The van der Waals surface area contributed by atoms with Crippen molar-refractivity contribution in [3.63, 3.8) is 0 Å². The molecule has 0 bridgehead atoms. The fourth-order valence-electron chi connectivity index (χ4n) is 2.48. The Kier molecular flexibility index (Phi) is 3.44. The Hall–Kier alpha value is -2.62. The van der Waals surface area contributed by atoms with E-state index in [0.29, 0.717) is 11.6 Å². The summed E-state index contributed by atoms with van der Waals surface area (Å²) in [6, 6.07) is 16.2. The molecule has 0 aromatic heterocycles. The molecule has 0 aliphatic heterocycles. The molecule has 3 rings (SSSR count). The lowest BCUT2D eigenvalue weighted by Crippen LogP contribution is -2.14. The van der Waals surface area contributed by atoms with Gasteiger partial charge in [0.15, 0.2) is 0 Å². The van der Waals surface area contributed by atoms with Crippen LogP contribution in [0.2, 0.25) is 0 Å². The highest BCUT2D eigenvalue weighted by molar-refractivity contribution is 5.96. The molecule has 2 aromatic rings. The molecule has 2 aromatic carbocycles. The van der Waals surface area contributed by atoms with Crippen molar-refractivity contribution in [2.24, 2.45) is 5.92 Å². The van der Waals surface area contributed by atoms with E-state index in [1.54, 1.807) is 12.1 Å². The van der Waals surface area contributed by atoms with Crippen LogP contribution in [-0.4, -0.2) is 17.0 Å². The zero-order valence-electron chi connectivity index (χ0n) is 11.3. The van der Waals surface area contributed by atoms with Crippen molar-refractivity contribution in [3.8, 4) is 0 Å². The number of hydrogen-bond donors (Lipinski definition) is 2. The van der Waals surface area contributed by atoms with Crippen molar-refractivity contribution < 1.29 is 14.7 Å². The highest BCUT2D eigenvalue weighted by atomic mass is 16.4. The first kappa shape index (κ1) is 13.4. The van der Waals surface area contributed by atoms with Crippen LogP contribution in [0.4, 0.5) is 5.69 Å². The van der Waals surface area contributed by atoms with E-state index in [2.05, 4.69) is 5.32 Å². The summed E-state index contributed by atoms with van der Waals surface area (Å²) in [5, 5.41) is 11.7. The number of carbonyl (C=O) groups is 2. The lowest BCUT2D eigenvalue weighted by molar-refractivity contribution is -0.117. The molecule has 0 heterocycles. The van der Waals surface area contributed by atoms with Crippen LogP contribution in [0.1, 0.15) is 28.3 Å². The van der Waals surface area contributed by atoms with Crippen LogP contribution in [0, 0.1) is 5.92 Å². The number of carbonyl (C=O) groups excluding carboxylic acids is 1. The summed E-state index contributed by atoms with van der Waals surface area (Å²) in [6.07, 6.45) is 0.864. The molecule has 0 spiro atoms. The maximum Gasteiger partial charge on any atom is 0.335 e. The van der Waals surface area contributed by atoms with Crippen molar-refractivity contribution in [1.29, 1.82) is 0 Å². The van der Waals surface area contributed by atoms with Gasteiger partial charge in [-0.3, -0.25) is 4.79 Å². The average Bonchev–Trinajstić information content (AvgIpc) is 3.29. The lowest BCUT2D eigenvalue weighted by atomic mass is 10.1. The topological polar surface area (TPSA) is 66.4 Å². The Morgan fingerprint density at radius 3 is 2.29 bits per heavy atom. The molecule has 1 aliphatic carbocycles. The smallest absolute Gasteiger partial charge is 0.335 e. The molecule has 1 saturated carbocycles. The third kappa shape index (κ3) is 2.94. The Labute approximate surface area is 122 Å². The minimum atomic E-state index is -0.973. The summed E-state index contributed by atoms with van der Waals surface area (Å²) < 4.78 is 0. The SMILES string of the molecule is O=C(O)c1ccc(NC(=O)C2CC2c2ccccc2)cc1. The quantitative estimate of drug-likeness (QED) is 0.904. The summed E-state index contributed by atoms with van der Waals surface area (Å²) in [4.78, 5) is 22.9. The maximum atomic E-state index is 12.1. The molecule has 4 nitrogen and oxygen atoms in total. The number of amides is 1. The first-order valence-corrected chi connectivity index (χ1v) is 6.84. The van der Waals surface area contributed by atoms with Gasteiger partial charge in [0.1, 0.15) is 0 Å². The van der Waals surface area contributed by atoms with Crippen molar-refractivity contribution in [2.45, 2.75) is 12.3 Å². The summed E-state index contributed by atoms with van der Waals surface area (Å²) in [7, 11) is 0. The van der Waals surface area contributed by atoms with Crippen LogP contribution in [0.25, 0.3) is 0 Å². The number of carboxylic acids is 1.